The number of benzene rings is 1. The van der Waals surface area contributed by atoms with E-state index >= 15 is 0 Å². The highest BCUT2D eigenvalue weighted by atomic mass is 35.5. The summed E-state index contributed by atoms with van der Waals surface area (Å²) in [5.41, 5.74) is 1.21. The van der Waals surface area contributed by atoms with E-state index in [0.29, 0.717) is 52.2 Å². The molecule has 0 unspecified atom stereocenters. The number of ether oxygens (including phenoxy) is 2. The fourth-order valence-corrected chi connectivity index (χ4v) is 3.87. The third kappa shape index (κ3) is 3.33. The van der Waals surface area contributed by atoms with E-state index in [4.69, 9.17) is 21.1 Å². The number of carbonyl (C=O) groups excluding carboxylic acids is 1. The SMILES string of the molecule is CN=C(SCc1cc2c(cc1Cl)OCO2)C1=C(O)CCCC1=O. The van der Waals surface area contributed by atoms with Gasteiger partial charge in [0.05, 0.1) is 5.57 Å². The number of Topliss-reactive ketones (excluding diaryl/α,β-unsaturated/α-hetero) is 1. The Morgan fingerprint density at radius 1 is 1.35 bits per heavy atom. The second kappa shape index (κ2) is 6.84. The highest BCUT2D eigenvalue weighted by Gasteiger charge is 2.25. The molecule has 1 aliphatic carbocycles. The van der Waals surface area contributed by atoms with Gasteiger partial charge < -0.3 is 14.6 Å². The van der Waals surface area contributed by atoms with Gasteiger partial charge in [0.1, 0.15) is 10.8 Å². The topological polar surface area (TPSA) is 68.1 Å². The third-order valence-corrected chi connectivity index (χ3v) is 5.18. The van der Waals surface area contributed by atoms with Crippen LogP contribution in [-0.4, -0.2) is 29.8 Å². The Morgan fingerprint density at radius 3 is 2.78 bits per heavy atom. The largest absolute Gasteiger partial charge is 0.511 e. The summed E-state index contributed by atoms with van der Waals surface area (Å²) in [4.78, 5) is 16.2. The lowest BCUT2D eigenvalue weighted by Crippen LogP contribution is -2.17. The van der Waals surface area contributed by atoms with Gasteiger partial charge in [-0.05, 0) is 18.1 Å². The summed E-state index contributed by atoms with van der Waals surface area (Å²) in [5, 5.41) is 11.1. The summed E-state index contributed by atoms with van der Waals surface area (Å²) < 4.78 is 10.6. The third-order valence-electron chi connectivity index (χ3n) is 3.71. The predicted octanol–water partition coefficient (Wildman–Crippen LogP) is 3.90. The van der Waals surface area contributed by atoms with Crippen molar-refractivity contribution in [1.82, 2.24) is 0 Å². The number of halogens is 1. The minimum absolute atomic E-state index is 0.0568. The summed E-state index contributed by atoms with van der Waals surface area (Å²) in [7, 11) is 1.62. The molecule has 0 amide bonds. The molecular formula is C16H16ClNO4S. The minimum Gasteiger partial charge on any atom is -0.511 e. The van der Waals surface area contributed by atoms with Crippen molar-refractivity contribution < 1.29 is 19.4 Å². The number of aliphatic imine (C=N–C) groups is 1. The van der Waals surface area contributed by atoms with Crippen molar-refractivity contribution in [2.24, 2.45) is 4.99 Å². The van der Waals surface area contributed by atoms with Gasteiger partial charge in [0.15, 0.2) is 17.3 Å². The molecule has 0 atom stereocenters. The average molecular weight is 354 g/mol. The van der Waals surface area contributed by atoms with Gasteiger partial charge in [-0.15, -0.1) is 11.8 Å². The molecule has 0 fully saturated rings. The van der Waals surface area contributed by atoms with Crippen molar-refractivity contribution in [3.8, 4) is 11.5 Å². The Hall–Kier alpha value is -1.66. The zero-order chi connectivity index (χ0) is 16.4. The van der Waals surface area contributed by atoms with Crippen LogP contribution in [0.1, 0.15) is 24.8 Å². The Morgan fingerprint density at radius 2 is 2.09 bits per heavy atom. The standard InChI is InChI=1S/C16H16ClNO4S/c1-18-16(15-11(19)3-2-4-12(15)20)23-7-9-5-13-14(6-10(9)17)22-8-21-13/h5-6,19H,2-4,7-8H2,1H3. The molecule has 1 aliphatic heterocycles. The normalized spacial score (nSPS) is 17.8. The van der Waals surface area contributed by atoms with Crippen LogP contribution in [0.25, 0.3) is 0 Å². The van der Waals surface area contributed by atoms with Gasteiger partial charge in [0, 0.05) is 36.7 Å². The quantitative estimate of drug-likeness (QED) is 0.659. The second-order valence-corrected chi connectivity index (χ2v) is 6.58. The van der Waals surface area contributed by atoms with E-state index in [1.807, 2.05) is 6.07 Å². The first-order chi connectivity index (χ1) is 11.1. The van der Waals surface area contributed by atoms with E-state index in [0.717, 1.165) is 5.56 Å². The van der Waals surface area contributed by atoms with Crippen LogP contribution in [0, 0.1) is 0 Å². The smallest absolute Gasteiger partial charge is 0.231 e. The van der Waals surface area contributed by atoms with Crippen LogP contribution in [-0.2, 0) is 10.5 Å². The van der Waals surface area contributed by atoms with Crippen molar-refractivity contribution in [1.29, 1.82) is 0 Å². The zero-order valence-electron chi connectivity index (χ0n) is 12.6. The number of fused-ring (bicyclic) bond motifs is 1. The fourth-order valence-electron chi connectivity index (χ4n) is 2.53. The number of thioether (sulfide) groups is 1. The van der Waals surface area contributed by atoms with Crippen molar-refractivity contribution in [3.63, 3.8) is 0 Å². The van der Waals surface area contributed by atoms with E-state index in [2.05, 4.69) is 4.99 Å². The van der Waals surface area contributed by atoms with Gasteiger partial charge in [0.25, 0.3) is 0 Å². The zero-order valence-corrected chi connectivity index (χ0v) is 14.2. The monoisotopic (exact) mass is 353 g/mol. The molecule has 5 nitrogen and oxygen atoms in total. The first kappa shape index (κ1) is 16.2. The molecule has 23 heavy (non-hydrogen) atoms. The number of rotatable bonds is 3. The Kier molecular flexibility index (Phi) is 4.82. The number of aliphatic hydroxyl groups excluding tert-OH is 1. The molecule has 0 radical (unpaired) electrons. The summed E-state index contributed by atoms with van der Waals surface area (Å²) >= 11 is 7.64. The van der Waals surface area contributed by atoms with Gasteiger partial charge in [-0.1, -0.05) is 11.6 Å². The summed E-state index contributed by atoms with van der Waals surface area (Å²) in [6.45, 7) is 0.194. The van der Waals surface area contributed by atoms with Crippen LogP contribution in [0.15, 0.2) is 28.5 Å². The summed E-state index contributed by atoms with van der Waals surface area (Å²) in [5.74, 6) is 1.89. The molecule has 0 spiro atoms. The number of carbonyl (C=O) groups is 1. The van der Waals surface area contributed by atoms with Gasteiger partial charge in [-0.25, -0.2) is 0 Å². The van der Waals surface area contributed by atoms with E-state index in [1.165, 1.54) is 11.8 Å². The van der Waals surface area contributed by atoms with E-state index in [1.54, 1.807) is 13.1 Å². The van der Waals surface area contributed by atoms with Crippen LogP contribution >= 0.6 is 23.4 Å². The predicted molar refractivity (Wildman–Crippen MR) is 90.7 cm³/mol. The number of aliphatic hydroxyl groups is 1. The number of hydrogen-bond acceptors (Lipinski definition) is 6. The van der Waals surface area contributed by atoms with Crippen LogP contribution in [0.4, 0.5) is 0 Å². The maximum absolute atomic E-state index is 12.1. The van der Waals surface area contributed by atoms with Crippen molar-refractivity contribution >= 4 is 34.2 Å². The number of hydrogen-bond donors (Lipinski definition) is 1. The fraction of sp³-hybridized carbons (Fsp3) is 0.375. The molecule has 1 heterocycles. The summed E-state index contributed by atoms with van der Waals surface area (Å²) in [6.07, 6.45) is 1.65. The average Bonchev–Trinajstić information content (AvgIpc) is 2.97. The van der Waals surface area contributed by atoms with Crippen LogP contribution in [0.2, 0.25) is 5.02 Å². The lowest BCUT2D eigenvalue weighted by atomic mass is 9.97. The Labute approximate surface area is 143 Å². The van der Waals surface area contributed by atoms with Crippen molar-refractivity contribution in [2.75, 3.05) is 13.8 Å². The first-order valence-corrected chi connectivity index (χ1v) is 8.59. The van der Waals surface area contributed by atoms with Crippen LogP contribution in [0.5, 0.6) is 11.5 Å². The minimum atomic E-state index is -0.0568. The summed E-state index contributed by atoms with van der Waals surface area (Å²) in [6, 6.07) is 3.56. The maximum Gasteiger partial charge on any atom is 0.231 e. The van der Waals surface area contributed by atoms with Gasteiger partial charge in [-0.3, -0.25) is 9.79 Å². The van der Waals surface area contributed by atoms with Crippen molar-refractivity contribution in [2.45, 2.75) is 25.0 Å². The molecular weight excluding hydrogens is 338 g/mol. The molecule has 2 aliphatic rings. The van der Waals surface area contributed by atoms with Crippen molar-refractivity contribution in [3.05, 3.63) is 34.1 Å². The lowest BCUT2D eigenvalue weighted by Gasteiger charge is -2.16. The van der Waals surface area contributed by atoms with E-state index in [-0.39, 0.29) is 18.3 Å². The molecule has 7 heteroatoms. The number of allylic oxidation sites excluding steroid dienone is 1. The number of nitrogens with zero attached hydrogens (tertiary/aromatic N) is 1. The molecule has 1 aromatic carbocycles. The highest BCUT2D eigenvalue weighted by molar-refractivity contribution is 8.13. The molecule has 0 bridgehead atoms. The molecule has 0 saturated heterocycles. The number of ketones is 1. The van der Waals surface area contributed by atoms with Crippen LogP contribution in [0.3, 0.4) is 0 Å². The molecule has 0 aromatic heterocycles. The first-order valence-electron chi connectivity index (χ1n) is 7.23. The Balaban J connectivity index is 1.78. The highest BCUT2D eigenvalue weighted by Crippen LogP contribution is 2.38. The maximum atomic E-state index is 12.1. The molecule has 3 rings (SSSR count). The van der Waals surface area contributed by atoms with Gasteiger partial charge >= 0.3 is 0 Å². The molecule has 1 N–H and O–H groups in total. The molecule has 1 aromatic rings. The Bertz CT molecular complexity index is 714. The molecule has 0 saturated carbocycles. The van der Waals surface area contributed by atoms with Gasteiger partial charge in [0.2, 0.25) is 6.79 Å². The van der Waals surface area contributed by atoms with E-state index < -0.39 is 0 Å². The molecule has 122 valence electrons. The lowest BCUT2D eigenvalue weighted by molar-refractivity contribution is -0.115. The second-order valence-electron chi connectivity index (χ2n) is 5.21. The van der Waals surface area contributed by atoms with Crippen LogP contribution < -0.4 is 9.47 Å². The van der Waals surface area contributed by atoms with Gasteiger partial charge in [-0.2, -0.15) is 0 Å². The van der Waals surface area contributed by atoms with E-state index in [9.17, 15) is 9.90 Å².